The lowest BCUT2D eigenvalue weighted by Crippen LogP contribution is -2.42. The highest BCUT2D eigenvalue weighted by atomic mass is 32.2. The number of hydrogen-bond donors (Lipinski definition) is 1. The van der Waals surface area contributed by atoms with Crippen molar-refractivity contribution in [3.05, 3.63) is 0 Å². The van der Waals surface area contributed by atoms with Crippen LogP contribution in [-0.4, -0.2) is 28.3 Å². The average Bonchev–Trinajstić information content (AvgIpc) is 2.76. The molecular formula is C15H29NOS. The van der Waals surface area contributed by atoms with Crippen LogP contribution in [0, 0.1) is 11.3 Å². The molecular weight excluding hydrogens is 242 g/mol. The largest absolute Gasteiger partial charge is 0.313 e. The Morgan fingerprint density at radius 2 is 1.83 bits per heavy atom. The second kappa shape index (κ2) is 6.51. The zero-order chi connectivity index (χ0) is 13.0. The number of hydrogen-bond acceptors (Lipinski definition) is 2. The van der Waals surface area contributed by atoms with Crippen molar-refractivity contribution in [1.82, 2.24) is 5.32 Å². The van der Waals surface area contributed by atoms with Crippen LogP contribution in [0.25, 0.3) is 0 Å². The minimum atomic E-state index is -0.526. The average molecular weight is 271 g/mol. The molecule has 0 radical (unpaired) electrons. The van der Waals surface area contributed by atoms with Gasteiger partial charge in [-0.25, -0.2) is 0 Å². The topological polar surface area (TPSA) is 29.1 Å². The first-order chi connectivity index (χ1) is 8.60. The van der Waals surface area contributed by atoms with Gasteiger partial charge in [0.1, 0.15) is 0 Å². The predicted molar refractivity (Wildman–Crippen MR) is 79.3 cm³/mol. The highest BCUT2D eigenvalue weighted by molar-refractivity contribution is 7.85. The van der Waals surface area contributed by atoms with Crippen LogP contribution in [0.15, 0.2) is 0 Å². The fraction of sp³-hybridized carbons (Fsp3) is 1.00. The summed E-state index contributed by atoms with van der Waals surface area (Å²) in [5.41, 5.74) is 0.574. The molecule has 0 aromatic carbocycles. The Morgan fingerprint density at radius 1 is 1.22 bits per heavy atom. The fourth-order valence-corrected chi connectivity index (χ4v) is 5.10. The van der Waals surface area contributed by atoms with Gasteiger partial charge in [0.25, 0.3) is 0 Å². The Morgan fingerprint density at radius 3 is 2.39 bits per heavy atom. The van der Waals surface area contributed by atoms with Gasteiger partial charge >= 0.3 is 0 Å². The molecule has 1 aliphatic carbocycles. The first-order valence-electron chi connectivity index (χ1n) is 7.68. The normalized spacial score (nSPS) is 31.9. The standard InChI is InChI=1S/C15H29NOS/c1-13(2)11-15(7-3-4-8-15)12-16-14-5-9-18(17)10-6-14/h13-14,16H,3-12H2,1-2H3. The van der Waals surface area contributed by atoms with Crippen LogP contribution in [0.2, 0.25) is 0 Å². The van der Waals surface area contributed by atoms with Gasteiger partial charge in [0.05, 0.1) is 0 Å². The highest BCUT2D eigenvalue weighted by Gasteiger charge is 2.34. The first-order valence-corrected chi connectivity index (χ1v) is 9.17. The van der Waals surface area contributed by atoms with Crippen LogP contribution in [-0.2, 0) is 10.8 Å². The summed E-state index contributed by atoms with van der Waals surface area (Å²) in [7, 11) is -0.526. The lowest BCUT2D eigenvalue weighted by atomic mass is 9.78. The van der Waals surface area contributed by atoms with Crippen molar-refractivity contribution in [2.45, 2.75) is 64.8 Å². The highest BCUT2D eigenvalue weighted by Crippen LogP contribution is 2.42. The molecule has 0 bridgehead atoms. The summed E-state index contributed by atoms with van der Waals surface area (Å²) in [6.07, 6.45) is 9.27. The molecule has 2 nitrogen and oxygen atoms in total. The Kier molecular flexibility index (Phi) is 5.25. The first kappa shape index (κ1) is 14.5. The third-order valence-electron chi connectivity index (χ3n) is 4.66. The molecule has 0 aromatic rings. The van der Waals surface area contributed by atoms with Crippen LogP contribution < -0.4 is 5.32 Å². The number of nitrogens with one attached hydrogen (secondary N) is 1. The van der Waals surface area contributed by atoms with Gasteiger partial charge in [-0.2, -0.15) is 0 Å². The van der Waals surface area contributed by atoms with Gasteiger partial charge in [-0.3, -0.25) is 4.21 Å². The maximum atomic E-state index is 11.4. The Balaban J connectivity index is 1.80. The van der Waals surface area contributed by atoms with Crippen molar-refractivity contribution in [2.75, 3.05) is 18.1 Å². The van der Waals surface area contributed by atoms with E-state index in [-0.39, 0.29) is 0 Å². The van der Waals surface area contributed by atoms with Gasteiger partial charge in [-0.05, 0) is 43.4 Å². The van der Waals surface area contributed by atoms with Crippen LogP contribution in [0.1, 0.15) is 58.8 Å². The molecule has 106 valence electrons. The maximum Gasteiger partial charge on any atom is 0.0249 e. The van der Waals surface area contributed by atoms with Crippen LogP contribution >= 0.6 is 0 Å². The molecule has 1 aliphatic heterocycles. The van der Waals surface area contributed by atoms with E-state index in [0.717, 1.165) is 30.3 Å². The summed E-state index contributed by atoms with van der Waals surface area (Å²) in [4.78, 5) is 0. The quantitative estimate of drug-likeness (QED) is 0.832. The summed E-state index contributed by atoms with van der Waals surface area (Å²) in [6, 6.07) is 0.632. The monoisotopic (exact) mass is 271 g/mol. The summed E-state index contributed by atoms with van der Waals surface area (Å²) in [6.45, 7) is 5.90. The molecule has 0 amide bonds. The molecule has 2 aliphatic rings. The number of rotatable bonds is 5. The van der Waals surface area contributed by atoms with E-state index in [1.165, 1.54) is 38.6 Å². The molecule has 1 N–H and O–H groups in total. The second-order valence-corrected chi connectivity index (χ2v) is 8.50. The Bertz CT molecular complexity index is 274. The Labute approximate surface area is 115 Å². The molecule has 3 heteroatoms. The zero-order valence-corrected chi connectivity index (χ0v) is 12.9. The summed E-state index contributed by atoms with van der Waals surface area (Å²) < 4.78 is 11.4. The molecule has 0 unspecified atom stereocenters. The maximum absolute atomic E-state index is 11.4. The molecule has 1 heterocycles. The SMILES string of the molecule is CC(C)CC1(CNC2CCS(=O)CC2)CCCC1. The Hall–Kier alpha value is 0.110. The summed E-state index contributed by atoms with van der Waals surface area (Å²) >= 11 is 0. The molecule has 0 spiro atoms. The lowest BCUT2D eigenvalue weighted by molar-refractivity contribution is 0.212. The van der Waals surface area contributed by atoms with Crippen LogP contribution in [0.5, 0.6) is 0 Å². The van der Waals surface area contributed by atoms with Gasteiger partial charge in [0.2, 0.25) is 0 Å². The minimum absolute atomic E-state index is 0.526. The third-order valence-corrected chi connectivity index (χ3v) is 6.04. The third kappa shape index (κ3) is 4.06. The van der Waals surface area contributed by atoms with E-state index in [9.17, 15) is 4.21 Å². The molecule has 1 saturated carbocycles. The van der Waals surface area contributed by atoms with Gasteiger partial charge in [0.15, 0.2) is 0 Å². The smallest absolute Gasteiger partial charge is 0.0249 e. The molecule has 2 rings (SSSR count). The molecule has 18 heavy (non-hydrogen) atoms. The van der Waals surface area contributed by atoms with Gasteiger partial charge in [-0.15, -0.1) is 0 Å². The summed E-state index contributed by atoms with van der Waals surface area (Å²) in [5, 5.41) is 3.80. The molecule has 0 aromatic heterocycles. The van der Waals surface area contributed by atoms with E-state index in [2.05, 4.69) is 19.2 Å². The van der Waals surface area contributed by atoms with Gasteiger partial charge in [-0.1, -0.05) is 26.7 Å². The molecule has 1 saturated heterocycles. The zero-order valence-electron chi connectivity index (χ0n) is 12.0. The van der Waals surface area contributed by atoms with Crippen LogP contribution in [0.4, 0.5) is 0 Å². The minimum Gasteiger partial charge on any atom is -0.313 e. The van der Waals surface area contributed by atoms with E-state index in [1.807, 2.05) is 0 Å². The lowest BCUT2D eigenvalue weighted by Gasteiger charge is -2.34. The second-order valence-electron chi connectivity index (χ2n) is 6.81. The van der Waals surface area contributed by atoms with Crippen molar-refractivity contribution in [3.63, 3.8) is 0 Å². The van der Waals surface area contributed by atoms with E-state index >= 15 is 0 Å². The van der Waals surface area contributed by atoms with Crippen molar-refractivity contribution >= 4 is 10.8 Å². The van der Waals surface area contributed by atoms with Gasteiger partial charge < -0.3 is 5.32 Å². The van der Waals surface area contributed by atoms with Crippen molar-refractivity contribution in [2.24, 2.45) is 11.3 Å². The van der Waals surface area contributed by atoms with E-state index in [1.54, 1.807) is 0 Å². The van der Waals surface area contributed by atoms with Crippen molar-refractivity contribution < 1.29 is 4.21 Å². The van der Waals surface area contributed by atoms with E-state index < -0.39 is 10.8 Å². The molecule has 2 fully saturated rings. The van der Waals surface area contributed by atoms with E-state index in [0.29, 0.717) is 11.5 Å². The molecule has 0 atom stereocenters. The van der Waals surface area contributed by atoms with Gasteiger partial charge in [0, 0.05) is 34.9 Å². The van der Waals surface area contributed by atoms with Crippen molar-refractivity contribution in [3.8, 4) is 0 Å². The van der Waals surface area contributed by atoms with Crippen LogP contribution in [0.3, 0.4) is 0 Å². The van der Waals surface area contributed by atoms with Crippen molar-refractivity contribution in [1.29, 1.82) is 0 Å². The predicted octanol–water partition coefficient (Wildman–Crippen LogP) is 3.09. The summed E-state index contributed by atoms with van der Waals surface area (Å²) in [5.74, 6) is 2.63. The fourth-order valence-electron chi connectivity index (χ4n) is 3.80. The van der Waals surface area contributed by atoms with E-state index in [4.69, 9.17) is 0 Å².